The summed E-state index contributed by atoms with van der Waals surface area (Å²) in [6, 6.07) is 11.7. The SMILES string of the molecule is O=C(NCCc1cccc(F)c1)C1CCCN(C(=O)c2ccc(F)cc2)C1. The third-order valence-electron chi connectivity index (χ3n) is 4.77. The fourth-order valence-electron chi connectivity index (χ4n) is 3.32. The third kappa shape index (κ3) is 5.12. The number of nitrogens with one attached hydrogen (secondary N) is 1. The van der Waals surface area contributed by atoms with E-state index in [1.54, 1.807) is 11.0 Å². The molecule has 2 aromatic carbocycles. The molecule has 4 nitrogen and oxygen atoms in total. The van der Waals surface area contributed by atoms with Gasteiger partial charge in [-0.15, -0.1) is 0 Å². The van der Waals surface area contributed by atoms with E-state index in [-0.39, 0.29) is 29.4 Å². The molecule has 3 rings (SSSR count). The first-order valence-electron chi connectivity index (χ1n) is 9.10. The van der Waals surface area contributed by atoms with Crippen LogP contribution in [0.1, 0.15) is 28.8 Å². The minimum absolute atomic E-state index is 0.0944. The Labute approximate surface area is 157 Å². The summed E-state index contributed by atoms with van der Waals surface area (Å²) >= 11 is 0. The maximum Gasteiger partial charge on any atom is 0.253 e. The maximum absolute atomic E-state index is 13.2. The second-order valence-electron chi connectivity index (χ2n) is 6.77. The van der Waals surface area contributed by atoms with Gasteiger partial charge in [-0.2, -0.15) is 0 Å². The minimum Gasteiger partial charge on any atom is -0.355 e. The van der Waals surface area contributed by atoms with Crippen LogP contribution in [0.25, 0.3) is 0 Å². The van der Waals surface area contributed by atoms with E-state index in [1.807, 2.05) is 6.07 Å². The number of benzene rings is 2. The molecule has 1 fully saturated rings. The number of rotatable bonds is 5. The van der Waals surface area contributed by atoms with Crippen LogP contribution < -0.4 is 5.32 Å². The number of nitrogens with zero attached hydrogens (tertiary/aromatic N) is 1. The fourth-order valence-corrected chi connectivity index (χ4v) is 3.32. The molecule has 0 radical (unpaired) electrons. The van der Waals surface area contributed by atoms with E-state index >= 15 is 0 Å². The van der Waals surface area contributed by atoms with Crippen molar-refractivity contribution in [1.82, 2.24) is 10.2 Å². The quantitative estimate of drug-likeness (QED) is 0.876. The molecule has 0 saturated carbocycles. The average Bonchev–Trinajstić information content (AvgIpc) is 2.68. The van der Waals surface area contributed by atoms with Gasteiger partial charge in [0.1, 0.15) is 11.6 Å². The lowest BCUT2D eigenvalue weighted by Gasteiger charge is -2.32. The predicted octanol–water partition coefficient (Wildman–Crippen LogP) is 3.18. The Kier molecular flexibility index (Phi) is 6.16. The van der Waals surface area contributed by atoms with Crippen LogP contribution in [0.4, 0.5) is 8.78 Å². The normalized spacial score (nSPS) is 16.8. The third-order valence-corrected chi connectivity index (χ3v) is 4.77. The van der Waals surface area contributed by atoms with Gasteiger partial charge in [-0.25, -0.2) is 8.78 Å². The molecule has 6 heteroatoms. The summed E-state index contributed by atoms with van der Waals surface area (Å²) in [4.78, 5) is 26.6. The van der Waals surface area contributed by atoms with E-state index in [0.29, 0.717) is 31.6 Å². The van der Waals surface area contributed by atoms with Crippen molar-refractivity contribution in [2.75, 3.05) is 19.6 Å². The standard InChI is InChI=1S/C21H22F2N2O2/c22-18-8-6-16(7-9-18)21(27)25-12-2-4-17(14-25)20(26)24-11-10-15-3-1-5-19(23)13-15/h1,3,5-9,13,17H,2,4,10-12,14H2,(H,24,26). The molecule has 1 unspecified atom stereocenters. The van der Waals surface area contributed by atoms with Crippen molar-refractivity contribution in [3.63, 3.8) is 0 Å². The first-order chi connectivity index (χ1) is 13.0. The lowest BCUT2D eigenvalue weighted by atomic mass is 9.96. The van der Waals surface area contributed by atoms with Crippen LogP contribution in [0.5, 0.6) is 0 Å². The highest BCUT2D eigenvalue weighted by molar-refractivity contribution is 5.94. The monoisotopic (exact) mass is 372 g/mol. The first-order valence-corrected chi connectivity index (χ1v) is 9.10. The van der Waals surface area contributed by atoms with E-state index in [2.05, 4.69) is 5.32 Å². The smallest absolute Gasteiger partial charge is 0.253 e. The number of amides is 2. The van der Waals surface area contributed by atoms with Crippen LogP contribution in [-0.4, -0.2) is 36.3 Å². The summed E-state index contributed by atoms with van der Waals surface area (Å²) in [5, 5.41) is 2.88. The minimum atomic E-state index is -0.388. The summed E-state index contributed by atoms with van der Waals surface area (Å²) in [6.07, 6.45) is 2.02. The topological polar surface area (TPSA) is 49.4 Å². The summed E-state index contributed by atoms with van der Waals surface area (Å²) in [5.74, 6) is -1.23. The molecular weight excluding hydrogens is 350 g/mol. The van der Waals surface area contributed by atoms with Gasteiger partial charge in [-0.3, -0.25) is 9.59 Å². The second kappa shape index (κ2) is 8.75. The lowest BCUT2D eigenvalue weighted by molar-refractivity contribution is -0.126. The van der Waals surface area contributed by atoms with Crippen molar-refractivity contribution in [3.8, 4) is 0 Å². The Balaban J connectivity index is 1.51. The number of likely N-dealkylation sites (tertiary alicyclic amines) is 1. The van der Waals surface area contributed by atoms with E-state index in [1.165, 1.54) is 36.4 Å². The van der Waals surface area contributed by atoms with E-state index in [9.17, 15) is 18.4 Å². The van der Waals surface area contributed by atoms with Gasteiger partial charge >= 0.3 is 0 Å². The highest BCUT2D eigenvalue weighted by Gasteiger charge is 2.28. The Morgan fingerprint density at radius 2 is 1.85 bits per heavy atom. The molecule has 0 aliphatic carbocycles. The zero-order valence-corrected chi connectivity index (χ0v) is 15.0. The van der Waals surface area contributed by atoms with Gasteiger partial charge in [-0.05, 0) is 61.2 Å². The number of halogens is 2. The molecule has 1 heterocycles. The van der Waals surface area contributed by atoms with Gasteiger partial charge in [0.15, 0.2) is 0 Å². The molecule has 1 aliphatic rings. The number of piperidine rings is 1. The molecule has 0 spiro atoms. The van der Waals surface area contributed by atoms with Gasteiger partial charge in [0.2, 0.25) is 5.91 Å². The second-order valence-corrected chi connectivity index (χ2v) is 6.77. The summed E-state index contributed by atoms with van der Waals surface area (Å²) < 4.78 is 26.2. The van der Waals surface area contributed by atoms with Gasteiger partial charge in [0.05, 0.1) is 5.92 Å². The zero-order chi connectivity index (χ0) is 19.2. The average molecular weight is 372 g/mol. The fraction of sp³-hybridized carbons (Fsp3) is 0.333. The Bertz CT molecular complexity index is 808. The van der Waals surface area contributed by atoms with Crippen LogP contribution in [0.3, 0.4) is 0 Å². The summed E-state index contributed by atoms with van der Waals surface area (Å²) in [6.45, 7) is 1.36. The highest BCUT2D eigenvalue weighted by atomic mass is 19.1. The van der Waals surface area contributed by atoms with Gasteiger partial charge in [0.25, 0.3) is 5.91 Å². The molecular formula is C21H22F2N2O2. The summed E-state index contributed by atoms with van der Waals surface area (Å²) in [5.41, 5.74) is 1.25. The Morgan fingerprint density at radius 1 is 1.07 bits per heavy atom. The number of hydrogen-bond acceptors (Lipinski definition) is 2. The number of hydrogen-bond donors (Lipinski definition) is 1. The summed E-state index contributed by atoms with van der Waals surface area (Å²) in [7, 11) is 0. The Morgan fingerprint density at radius 3 is 2.59 bits per heavy atom. The van der Waals surface area contributed by atoms with E-state index in [4.69, 9.17) is 0 Å². The van der Waals surface area contributed by atoms with Crippen molar-refractivity contribution < 1.29 is 18.4 Å². The van der Waals surface area contributed by atoms with Crippen molar-refractivity contribution in [1.29, 1.82) is 0 Å². The highest BCUT2D eigenvalue weighted by Crippen LogP contribution is 2.19. The Hall–Kier alpha value is -2.76. The molecule has 142 valence electrons. The molecule has 2 aromatic rings. The van der Waals surface area contributed by atoms with Crippen molar-refractivity contribution in [2.45, 2.75) is 19.3 Å². The van der Waals surface area contributed by atoms with Gasteiger partial charge in [-0.1, -0.05) is 12.1 Å². The van der Waals surface area contributed by atoms with E-state index in [0.717, 1.165) is 18.4 Å². The molecule has 0 aromatic heterocycles. The van der Waals surface area contributed by atoms with Crippen molar-refractivity contribution >= 4 is 11.8 Å². The molecule has 1 atom stereocenters. The van der Waals surface area contributed by atoms with E-state index < -0.39 is 0 Å². The molecule has 1 saturated heterocycles. The molecule has 27 heavy (non-hydrogen) atoms. The molecule has 2 amide bonds. The molecule has 0 bridgehead atoms. The van der Waals surface area contributed by atoms with Crippen LogP contribution in [0, 0.1) is 17.6 Å². The number of carbonyl (C=O) groups is 2. The van der Waals surface area contributed by atoms with Crippen molar-refractivity contribution in [2.24, 2.45) is 5.92 Å². The first kappa shape index (κ1) is 19.0. The zero-order valence-electron chi connectivity index (χ0n) is 15.0. The van der Waals surface area contributed by atoms with Crippen LogP contribution in [0.15, 0.2) is 48.5 Å². The maximum atomic E-state index is 13.2. The van der Waals surface area contributed by atoms with Crippen LogP contribution in [-0.2, 0) is 11.2 Å². The van der Waals surface area contributed by atoms with Gasteiger partial charge < -0.3 is 10.2 Å². The van der Waals surface area contributed by atoms with Crippen molar-refractivity contribution in [3.05, 3.63) is 71.3 Å². The lowest BCUT2D eigenvalue weighted by Crippen LogP contribution is -2.45. The van der Waals surface area contributed by atoms with Gasteiger partial charge in [0, 0.05) is 25.2 Å². The molecule has 1 N–H and O–H groups in total. The largest absolute Gasteiger partial charge is 0.355 e. The van der Waals surface area contributed by atoms with Crippen LogP contribution in [0.2, 0.25) is 0 Å². The van der Waals surface area contributed by atoms with Crippen LogP contribution >= 0.6 is 0 Å². The molecule has 1 aliphatic heterocycles. The predicted molar refractivity (Wildman–Crippen MR) is 98.1 cm³/mol. The number of carbonyl (C=O) groups excluding carboxylic acids is 2.